The molecule has 2 aromatic carbocycles. The first-order valence-electron chi connectivity index (χ1n) is 5.57. The fourth-order valence-corrected chi connectivity index (χ4v) is 2.05. The minimum absolute atomic E-state index is 0.232. The molecule has 0 radical (unpaired) electrons. The second-order valence-electron chi connectivity index (χ2n) is 4.19. The second-order valence-corrected chi connectivity index (χ2v) is 4.63. The van der Waals surface area contributed by atoms with Crippen LogP contribution in [0.1, 0.15) is 5.56 Å². The maximum absolute atomic E-state index is 13.1. The Balaban J connectivity index is 2.19. The number of anilines is 2. The van der Waals surface area contributed by atoms with Crippen molar-refractivity contribution in [2.75, 3.05) is 17.7 Å². The minimum atomic E-state index is -0.232. The fourth-order valence-electron chi connectivity index (χ4n) is 1.87. The highest BCUT2D eigenvalue weighted by Crippen LogP contribution is 2.26. The van der Waals surface area contributed by atoms with E-state index < -0.39 is 0 Å². The first kappa shape index (κ1) is 12.7. The van der Waals surface area contributed by atoms with Crippen molar-refractivity contribution in [2.45, 2.75) is 6.54 Å². The number of rotatable bonds is 3. The molecule has 0 fully saturated rings. The van der Waals surface area contributed by atoms with E-state index in [-0.39, 0.29) is 5.82 Å². The molecule has 0 aromatic heterocycles. The first-order chi connectivity index (χ1) is 8.56. The molecule has 4 heteroatoms. The van der Waals surface area contributed by atoms with Gasteiger partial charge in [-0.3, -0.25) is 0 Å². The Hall–Kier alpha value is -1.74. The highest BCUT2D eigenvalue weighted by atomic mass is 35.5. The minimum Gasteiger partial charge on any atom is -0.397 e. The van der Waals surface area contributed by atoms with Gasteiger partial charge in [0, 0.05) is 18.6 Å². The van der Waals surface area contributed by atoms with Gasteiger partial charge in [0.1, 0.15) is 5.82 Å². The van der Waals surface area contributed by atoms with Gasteiger partial charge in [0.15, 0.2) is 0 Å². The zero-order valence-corrected chi connectivity index (χ0v) is 10.8. The Morgan fingerprint density at radius 2 is 2.00 bits per heavy atom. The molecule has 0 saturated carbocycles. The fraction of sp³-hybridized carbons (Fsp3) is 0.143. The summed E-state index contributed by atoms with van der Waals surface area (Å²) in [7, 11) is 1.91. The van der Waals surface area contributed by atoms with Crippen molar-refractivity contribution in [2.24, 2.45) is 0 Å². The van der Waals surface area contributed by atoms with E-state index in [0.717, 1.165) is 11.3 Å². The third-order valence-electron chi connectivity index (χ3n) is 2.71. The topological polar surface area (TPSA) is 29.3 Å². The van der Waals surface area contributed by atoms with Crippen LogP contribution in [0.5, 0.6) is 0 Å². The molecule has 0 amide bonds. The van der Waals surface area contributed by atoms with Gasteiger partial charge in [-0.15, -0.1) is 0 Å². The van der Waals surface area contributed by atoms with Gasteiger partial charge < -0.3 is 10.6 Å². The average Bonchev–Trinajstić information content (AvgIpc) is 2.28. The Morgan fingerprint density at radius 1 is 1.22 bits per heavy atom. The molecule has 0 spiro atoms. The third kappa shape index (κ3) is 2.93. The summed E-state index contributed by atoms with van der Waals surface area (Å²) in [5, 5.41) is 0.607. The Bertz CT molecular complexity index is 557. The molecule has 2 aromatic rings. The number of benzene rings is 2. The predicted octanol–water partition coefficient (Wildman–Crippen LogP) is 3.70. The number of nitrogens with zero attached hydrogens (tertiary/aromatic N) is 1. The lowest BCUT2D eigenvalue weighted by Crippen LogP contribution is -2.17. The first-order valence-corrected chi connectivity index (χ1v) is 5.94. The molecule has 0 saturated heterocycles. The van der Waals surface area contributed by atoms with Crippen molar-refractivity contribution >= 4 is 23.0 Å². The summed E-state index contributed by atoms with van der Waals surface area (Å²) in [6.45, 7) is 0.587. The van der Waals surface area contributed by atoms with Gasteiger partial charge in [0.25, 0.3) is 0 Å². The number of hydrogen-bond donors (Lipinski definition) is 1. The number of nitrogen functional groups attached to an aromatic ring is 1. The lowest BCUT2D eigenvalue weighted by atomic mass is 10.2. The zero-order chi connectivity index (χ0) is 13.1. The zero-order valence-electron chi connectivity index (χ0n) is 10.0. The summed E-state index contributed by atoms with van der Waals surface area (Å²) < 4.78 is 13.1. The summed E-state index contributed by atoms with van der Waals surface area (Å²) in [6, 6.07) is 11.9. The normalized spacial score (nSPS) is 10.4. The van der Waals surface area contributed by atoms with Gasteiger partial charge in [-0.05, 0) is 35.9 Å². The van der Waals surface area contributed by atoms with Crippen molar-refractivity contribution in [3.8, 4) is 0 Å². The largest absolute Gasteiger partial charge is 0.397 e. The highest BCUT2D eigenvalue weighted by Gasteiger charge is 2.07. The molecule has 0 unspecified atom stereocenters. The molecular weight excluding hydrogens is 251 g/mol. The van der Waals surface area contributed by atoms with Crippen molar-refractivity contribution in [3.05, 3.63) is 58.9 Å². The van der Waals surface area contributed by atoms with Crippen LogP contribution in [0, 0.1) is 5.82 Å². The second kappa shape index (κ2) is 5.27. The Kier molecular flexibility index (Phi) is 3.72. The van der Waals surface area contributed by atoms with E-state index in [1.807, 2.05) is 24.1 Å². The molecule has 0 bridgehead atoms. The van der Waals surface area contributed by atoms with E-state index in [9.17, 15) is 4.39 Å². The molecule has 2 N–H and O–H groups in total. The third-order valence-corrected chi connectivity index (χ3v) is 2.94. The van der Waals surface area contributed by atoms with Gasteiger partial charge in [0.05, 0.1) is 11.4 Å². The monoisotopic (exact) mass is 264 g/mol. The van der Waals surface area contributed by atoms with E-state index in [4.69, 9.17) is 17.3 Å². The molecule has 0 aliphatic heterocycles. The van der Waals surface area contributed by atoms with Crippen LogP contribution in [0.25, 0.3) is 0 Å². The van der Waals surface area contributed by atoms with Crippen LogP contribution >= 0.6 is 11.6 Å². The van der Waals surface area contributed by atoms with Crippen LogP contribution < -0.4 is 10.6 Å². The summed E-state index contributed by atoms with van der Waals surface area (Å²) in [5.41, 5.74) is 8.29. The molecule has 0 aliphatic rings. The summed E-state index contributed by atoms with van der Waals surface area (Å²) in [4.78, 5) is 1.96. The molecular formula is C14H14ClFN2. The van der Waals surface area contributed by atoms with E-state index in [1.165, 1.54) is 12.1 Å². The quantitative estimate of drug-likeness (QED) is 0.857. The van der Waals surface area contributed by atoms with Crippen LogP contribution in [0.3, 0.4) is 0 Å². The molecule has 94 valence electrons. The highest BCUT2D eigenvalue weighted by molar-refractivity contribution is 6.31. The predicted molar refractivity (Wildman–Crippen MR) is 74.4 cm³/mol. The van der Waals surface area contributed by atoms with Gasteiger partial charge in [0.2, 0.25) is 0 Å². The van der Waals surface area contributed by atoms with Crippen LogP contribution in [0.4, 0.5) is 15.8 Å². The SMILES string of the molecule is CN(Cc1cccc(F)c1)c1ccc(Cl)cc1N. The lowest BCUT2D eigenvalue weighted by molar-refractivity contribution is 0.625. The van der Waals surface area contributed by atoms with E-state index in [0.29, 0.717) is 17.3 Å². The standard InChI is InChI=1S/C14H14ClFN2/c1-18(9-10-3-2-4-12(16)7-10)14-6-5-11(15)8-13(14)17/h2-8H,9,17H2,1H3. The van der Waals surface area contributed by atoms with Gasteiger partial charge in [-0.25, -0.2) is 4.39 Å². The lowest BCUT2D eigenvalue weighted by Gasteiger charge is -2.21. The van der Waals surface area contributed by atoms with E-state index in [2.05, 4.69) is 0 Å². The molecule has 0 heterocycles. The van der Waals surface area contributed by atoms with Crippen LogP contribution in [-0.4, -0.2) is 7.05 Å². The van der Waals surface area contributed by atoms with Gasteiger partial charge in [-0.1, -0.05) is 23.7 Å². The Morgan fingerprint density at radius 3 is 2.67 bits per heavy atom. The summed E-state index contributed by atoms with van der Waals surface area (Å²) in [5.74, 6) is -0.232. The van der Waals surface area contributed by atoms with Crippen LogP contribution in [0.15, 0.2) is 42.5 Å². The molecule has 18 heavy (non-hydrogen) atoms. The Labute approximate surface area is 111 Å². The molecule has 0 atom stereocenters. The number of nitrogens with two attached hydrogens (primary N) is 1. The van der Waals surface area contributed by atoms with Crippen LogP contribution in [-0.2, 0) is 6.54 Å². The van der Waals surface area contributed by atoms with E-state index in [1.54, 1.807) is 18.2 Å². The average molecular weight is 265 g/mol. The molecule has 0 aliphatic carbocycles. The van der Waals surface area contributed by atoms with Crippen molar-refractivity contribution in [3.63, 3.8) is 0 Å². The smallest absolute Gasteiger partial charge is 0.123 e. The van der Waals surface area contributed by atoms with Crippen molar-refractivity contribution < 1.29 is 4.39 Å². The summed E-state index contributed by atoms with van der Waals surface area (Å²) in [6.07, 6.45) is 0. The number of hydrogen-bond acceptors (Lipinski definition) is 2. The van der Waals surface area contributed by atoms with Crippen molar-refractivity contribution in [1.29, 1.82) is 0 Å². The van der Waals surface area contributed by atoms with Gasteiger partial charge in [-0.2, -0.15) is 0 Å². The summed E-state index contributed by atoms with van der Waals surface area (Å²) >= 11 is 5.85. The number of halogens is 2. The van der Waals surface area contributed by atoms with Gasteiger partial charge >= 0.3 is 0 Å². The molecule has 2 nitrogen and oxygen atoms in total. The van der Waals surface area contributed by atoms with Crippen LogP contribution in [0.2, 0.25) is 5.02 Å². The maximum atomic E-state index is 13.1. The van der Waals surface area contributed by atoms with Crippen molar-refractivity contribution in [1.82, 2.24) is 0 Å². The maximum Gasteiger partial charge on any atom is 0.123 e. The van der Waals surface area contributed by atoms with E-state index >= 15 is 0 Å². The molecule has 2 rings (SSSR count).